The minimum atomic E-state index is -0.634. The van der Waals surface area contributed by atoms with E-state index < -0.39 is 11.8 Å². The second-order valence-electron chi connectivity index (χ2n) is 5.84. The molecule has 2 N–H and O–H groups in total. The molecule has 1 aromatic carbocycles. The zero-order valence-corrected chi connectivity index (χ0v) is 13.6. The van der Waals surface area contributed by atoms with Gasteiger partial charge in [-0.3, -0.25) is 9.59 Å². The van der Waals surface area contributed by atoms with Gasteiger partial charge in [0.2, 0.25) is 0 Å². The van der Waals surface area contributed by atoms with Crippen molar-refractivity contribution in [2.24, 2.45) is 0 Å². The molecule has 1 atom stereocenters. The van der Waals surface area contributed by atoms with Gasteiger partial charge in [0, 0.05) is 19.7 Å². The summed E-state index contributed by atoms with van der Waals surface area (Å²) < 4.78 is 10.9. The Morgan fingerprint density at radius 2 is 1.91 bits per heavy atom. The summed E-state index contributed by atoms with van der Waals surface area (Å²) in [7, 11) is 0. The van der Waals surface area contributed by atoms with E-state index in [0.29, 0.717) is 13.1 Å². The van der Waals surface area contributed by atoms with Crippen molar-refractivity contribution in [3.8, 4) is 5.75 Å². The lowest BCUT2D eigenvalue weighted by Crippen LogP contribution is -2.42. The minimum absolute atomic E-state index is 0.0280. The number of carbonyl (C=O) groups is 2. The molecule has 23 heavy (non-hydrogen) atoms. The number of amides is 2. The smallest absolute Gasteiger partial charge is 0.309 e. The molecule has 0 saturated carbocycles. The highest BCUT2D eigenvalue weighted by atomic mass is 16.5. The molecule has 1 saturated heterocycles. The van der Waals surface area contributed by atoms with Crippen molar-refractivity contribution in [1.29, 1.82) is 0 Å². The second kappa shape index (κ2) is 8.53. The van der Waals surface area contributed by atoms with Crippen LogP contribution in [0.15, 0.2) is 24.3 Å². The number of benzene rings is 1. The molecule has 1 fully saturated rings. The normalized spacial score (nSPS) is 17.1. The van der Waals surface area contributed by atoms with Gasteiger partial charge in [0.15, 0.2) is 0 Å². The number of ether oxygens (including phenoxy) is 2. The van der Waals surface area contributed by atoms with Gasteiger partial charge < -0.3 is 20.1 Å². The summed E-state index contributed by atoms with van der Waals surface area (Å²) in [6.45, 7) is 5.33. The average Bonchev–Trinajstić information content (AvgIpc) is 3.04. The highest BCUT2D eigenvalue weighted by Gasteiger charge is 2.19. The molecular formula is C17H24N2O4. The standard InChI is InChI=1S/C17H24N2O4/c1-12(2)23-14-7-5-13(6-8-14)10-18-16(20)17(21)19-11-15-4-3-9-22-15/h5-8,12,15H,3-4,9-11H2,1-2H3,(H,18,20)(H,19,21)/t15-/m0/s1. The van der Waals surface area contributed by atoms with Crippen LogP contribution in [0.3, 0.4) is 0 Å². The number of hydrogen-bond donors (Lipinski definition) is 2. The summed E-state index contributed by atoms with van der Waals surface area (Å²) in [5, 5.41) is 5.20. The quantitative estimate of drug-likeness (QED) is 0.777. The molecule has 2 amide bonds. The van der Waals surface area contributed by atoms with Crippen molar-refractivity contribution in [1.82, 2.24) is 10.6 Å². The largest absolute Gasteiger partial charge is 0.491 e. The van der Waals surface area contributed by atoms with Gasteiger partial charge in [-0.25, -0.2) is 0 Å². The molecule has 0 aliphatic carbocycles. The predicted molar refractivity (Wildman–Crippen MR) is 86.0 cm³/mol. The highest BCUT2D eigenvalue weighted by molar-refractivity contribution is 6.35. The van der Waals surface area contributed by atoms with Crippen molar-refractivity contribution in [3.63, 3.8) is 0 Å². The molecule has 1 aromatic rings. The molecule has 0 aromatic heterocycles. The second-order valence-corrected chi connectivity index (χ2v) is 5.84. The van der Waals surface area contributed by atoms with E-state index in [1.807, 2.05) is 38.1 Å². The number of carbonyl (C=O) groups excluding carboxylic acids is 2. The van der Waals surface area contributed by atoms with Crippen molar-refractivity contribution in [3.05, 3.63) is 29.8 Å². The first-order valence-electron chi connectivity index (χ1n) is 7.98. The van der Waals surface area contributed by atoms with Gasteiger partial charge >= 0.3 is 11.8 Å². The number of nitrogens with one attached hydrogen (secondary N) is 2. The fraction of sp³-hybridized carbons (Fsp3) is 0.529. The molecule has 6 nitrogen and oxygen atoms in total. The molecule has 1 aliphatic rings. The summed E-state index contributed by atoms with van der Waals surface area (Å²) in [5.41, 5.74) is 0.904. The molecule has 1 heterocycles. The summed E-state index contributed by atoms with van der Waals surface area (Å²) in [6, 6.07) is 7.42. The van der Waals surface area contributed by atoms with Crippen LogP contribution in [-0.4, -0.2) is 37.2 Å². The fourth-order valence-corrected chi connectivity index (χ4v) is 2.31. The van der Waals surface area contributed by atoms with Crippen LogP contribution in [0.2, 0.25) is 0 Å². The molecule has 0 unspecified atom stereocenters. The summed E-state index contributed by atoms with van der Waals surface area (Å²) >= 11 is 0. The Hall–Kier alpha value is -2.08. The van der Waals surface area contributed by atoms with Crippen LogP contribution in [0.5, 0.6) is 5.75 Å². The first-order valence-corrected chi connectivity index (χ1v) is 7.98. The monoisotopic (exact) mass is 320 g/mol. The molecule has 0 radical (unpaired) electrons. The zero-order chi connectivity index (χ0) is 16.7. The van der Waals surface area contributed by atoms with Crippen LogP contribution in [-0.2, 0) is 20.9 Å². The first kappa shape index (κ1) is 17.3. The fourth-order valence-electron chi connectivity index (χ4n) is 2.31. The molecule has 126 valence electrons. The van der Waals surface area contributed by atoms with Gasteiger partial charge in [-0.1, -0.05) is 12.1 Å². The van der Waals surface area contributed by atoms with E-state index in [1.54, 1.807) is 0 Å². The molecule has 1 aliphatic heterocycles. The van der Waals surface area contributed by atoms with Crippen LogP contribution in [0.4, 0.5) is 0 Å². The van der Waals surface area contributed by atoms with Crippen LogP contribution >= 0.6 is 0 Å². The van der Waals surface area contributed by atoms with E-state index in [9.17, 15) is 9.59 Å². The van der Waals surface area contributed by atoms with Crippen LogP contribution in [0, 0.1) is 0 Å². The van der Waals surface area contributed by atoms with Gasteiger partial charge in [-0.05, 0) is 44.4 Å². The van der Waals surface area contributed by atoms with E-state index in [2.05, 4.69) is 10.6 Å². The zero-order valence-electron chi connectivity index (χ0n) is 13.6. The Bertz CT molecular complexity index is 522. The lowest BCUT2D eigenvalue weighted by atomic mass is 10.2. The summed E-state index contributed by atoms with van der Waals surface area (Å²) in [5.74, 6) is -0.477. The van der Waals surface area contributed by atoms with Gasteiger partial charge in [0.05, 0.1) is 12.2 Å². The Morgan fingerprint density at radius 3 is 2.52 bits per heavy atom. The number of rotatable bonds is 6. The first-order chi connectivity index (χ1) is 11.0. The lowest BCUT2D eigenvalue weighted by molar-refractivity contribution is -0.139. The van der Waals surface area contributed by atoms with E-state index in [1.165, 1.54) is 0 Å². The Balaban J connectivity index is 1.71. The van der Waals surface area contributed by atoms with Crippen molar-refractivity contribution in [2.75, 3.05) is 13.2 Å². The molecule has 0 bridgehead atoms. The number of hydrogen-bond acceptors (Lipinski definition) is 4. The van der Waals surface area contributed by atoms with E-state index in [0.717, 1.165) is 30.8 Å². The topological polar surface area (TPSA) is 76.7 Å². The Kier molecular flexibility index (Phi) is 6.40. The maximum Gasteiger partial charge on any atom is 0.309 e. The minimum Gasteiger partial charge on any atom is -0.491 e. The molecular weight excluding hydrogens is 296 g/mol. The SMILES string of the molecule is CC(C)Oc1ccc(CNC(=O)C(=O)NC[C@@H]2CCCO2)cc1. The maximum absolute atomic E-state index is 11.7. The third kappa shape index (κ3) is 5.90. The Labute approximate surface area is 136 Å². The third-order valence-corrected chi connectivity index (χ3v) is 3.47. The molecule has 2 rings (SSSR count). The molecule has 6 heteroatoms. The van der Waals surface area contributed by atoms with Gasteiger partial charge in [-0.15, -0.1) is 0 Å². The van der Waals surface area contributed by atoms with Gasteiger partial charge in [-0.2, -0.15) is 0 Å². The third-order valence-electron chi connectivity index (χ3n) is 3.47. The van der Waals surface area contributed by atoms with Crippen LogP contribution in [0.25, 0.3) is 0 Å². The van der Waals surface area contributed by atoms with Gasteiger partial charge in [0.25, 0.3) is 0 Å². The van der Waals surface area contributed by atoms with Gasteiger partial charge in [0.1, 0.15) is 5.75 Å². The predicted octanol–water partition coefficient (Wildman–Crippen LogP) is 1.39. The van der Waals surface area contributed by atoms with E-state index >= 15 is 0 Å². The molecule has 0 spiro atoms. The van der Waals surface area contributed by atoms with Crippen molar-refractivity contribution >= 4 is 11.8 Å². The maximum atomic E-state index is 11.7. The van der Waals surface area contributed by atoms with E-state index in [4.69, 9.17) is 9.47 Å². The van der Waals surface area contributed by atoms with Crippen molar-refractivity contribution in [2.45, 2.75) is 45.4 Å². The Morgan fingerprint density at radius 1 is 1.22 bits per heavy atom. The van der Waals surface area contributed by atoms with Crippen LogP contribution in [0.1, 0.15) is 32.3 Å². The highest BCUT2D eigenvalue weighted by Crippen LogP contribution is 2.13. The van der Waals surface area contributed by atoms with Crippen molar-refractivity contribution < 1.29 is 19.1 Å². The van der Waals surface area contributed by atoms with E-state index in [-0.39, 0.29) is 12.2 Å². The summed E-state index contributed by atoms with van der Waals surface area (Å²) in [6.07, 6.45) is 2.07. The van der Waals surface area contributed by atoms with Crippen LogP contribution < -0.4 is 15.4 Å². The lowest BCUT2D eigenvalue weighted by Gasteiger charge is -2.11. The summed E-state index contributed by atoms with van der Waals surface area (Å²) in [4.78, 5) is 23.4. The average molecular weight is 320 g/mol.